The number of rotatable bonds is 2. The molecule has 0 aliphatic carbocycles. The Balaban J connectivity index is 2.47. The van der Waals surface area contributed by atoms with Gasteiger partial charge in [-0.05, 0) is 24.4 Å². The molecular weight excluding hydrogens is 189 g/mol. The zero-order valence-electron chi connectivity index (χ0n) is 8.41. The number of H-pyrrole nitrogens is 1. The maximum absolute atomic E-state index is 11.4. The van der Waals surface area contributed by atoms with Gasteiger partial charge in [-0.3, -0.25) is 0 Å². The first-order valence-corrected chi connectivity index (χ1v) is 4.76. The Morgan fingerprint density at radius 3 is 3.00 bits per heavy atom. The van der Waals surface area contributed by atoms with Crippen molar-refractivity contribution in [1.82, 2.24) is 4.98 Å². The maximum atomic E-state index is 11.4. The van der Waals surface area contributed by atoms with Crippen LogP contribution in [0.2, 0.25) is 0 Å². The quantitative estimate of drug-likeness (QED) is 0.582. The first-order valence-electron chi connectivity index (χ1n) is 4.76. The van der Waals surface area contributed by atoms with Gasteiger partial charge < -0.3 is 9.72 Å². The van der Waals surface area contributed by atoms with Crippen molar-refractivity contribution in [3.8, 4) is 0 Å². The minimum absolute atomic E-state index is 0.354. The van der Waals surface area contributed by atoms with Crippen molar-refractivity contribution in [3.05, 3.63) is 30.0 Å². The van der Waals surface area contributed by atoms with Crippen LogP contribution in [0.25, 0.3) is 10.9 Å². The number of esters is 1. The average Bonchev–Trinajstić information content (AvgIpc) is 2.63. The van der Waals surface area contributed by atoms with Crippen LogP contribution >= 0.6 is 0 Å². The molecule has 0 aliphatic rings. The van der Waals surface area contributed by atoms with Crippen LogP contribution in [-0.2, 0) is 4.74 Å². The van der Waals surface area contributed by atoms with E-state index in [0.717, 1.165) is 10.9 Å². The van der Waals surface area contributed by atoms with Gasteiger partial charge in [0.05, 0.1) is 6.61 Å². The number of carbonyl (C=O) groups excluding carboxylic acids is 1. The van der Waals surface area contributed by atoms with Gasteiger partial charge in [0.2, 0.25) is 0 Å². The van der Waals surface area contributed by atoms with Crippen LogP contribution in [0.1, 0.15) is 17.4 Å². The number of aromatic nitrogens is 1. The maximum Gasteiger partial charge on any atom is 0.354 e. The third-order valence-electron chi connectivity index (χ3n) is 2.19. The van der Waals surface area contributed by atoms with Crippen molar-refractivity contribution >= 4 is 30.2 Å². The third kappa shape index (κ3) is 1.75. The van der Waals surface area contributed by atoms with Gasteiger partial charge in [0.1, 0.15) is 13.5 Å². The topological polar surface area (TPSA) is 42.1 Å². The molecule has 74 valence electrons. The summed E-state index contributed by atoms with van der Waals surface area (Å²) < 4.78 is 4.89. The standard InChI is InChI=1S/C11H10BNO2/c1-2-15-11(14)10-6-7-8(12)4-3-5-9(7)13-10/h3-6,13H,2H2,1H3. The summed E-state index contributed by atoms with van der Waals surface area (Å²) in [5.41, 5.74) is 1.93. The molecule has 4 heteroatoms. The Bertz CT molecular complexity index is 504. The lowest BCUT2D eigenvalue weighted by atomic mass is 9.93. The van der Waals surface area contributed by atoms with Crippen molar-refractivity contribution in [1.29, 1.82) is 0 Å². The molecule has 0 saturated carbocycles. The van der Waals surface area contributed by atoms with Gasteiger partial charge in [-0.25, -0.2) is 4.79 Å². The number of fused-ring (bicyclic) bond motifs is 1. The van der Waals surface area contributed by atoms with E-state index in [0.29, 0.717) is 17.8 Å². The molecule has 1 aromatic carbocycles. The zero-order valence-corrected chi connectivity index (χ0v) is 8.41. The molecule has 2 radical (unpaired) electrons. The summed E-state index contributed by atoms with van der Waals surface area (Å²) in [6.45, 7) is 2.14. The highest BCUT2D eigenvalue weighted by Gasteiger charge is 2.10. The molecule has 0 aliphatic heterocycles. The van der Waals surface area contributed by atoms with Crippen molar-refractivity contribution < 1.29 is 9.53 Å². The van der Waals surface area contributed by atoms with Gasteiger partial charge in [-0.15, -0.1) is 0 Å². The van der Waals surface area contributed by atoms with Crippen molar-refractivity contribution in [2.24, 2.45) is 0 Å². The summed E-state index contributed by atoms with van der Waals surface area (Å²) in [7, 11) is 5.77. The van der Waals surface area contributed by atoms with Crippen molar-refractivity contribution in [2.75, 3.05) is 6.61 Å². The summed E-state index contributed by atoms with van der Waals surface area (Å²) >= 11 is 0. The minimum Gasteiger partial charge on any atom is -0.461 e. The predicted octanol–water partition coefficient (Wildman–Crippen LogP) is 1.14. The summed E-state index contributed by atoms with van der Waals surface area (Å²) in [5, 5.41) is 0.848. The monoisotopic (exact) mass is 199 g/mol. The summed E-state index contributed by atoms with van der Waals surface area (Å²) in [5.74, 6) is -0.354. The van der Waals surface area contributed by atoms with E-state index < -0.39 is 0 Å². The Hall–Kier alpha value is -1.71. The third-order valence-corrected chi connectivity index (χ3v) is 2.19. The molecule has 15 heavy (non-hydrogen) atoms. The number of carbonyl (C=O) groups is 1. The fourth-order valence-corrected chi connectivity index (χ4v) is 1.50. The largest absolute Gasteiger partial charge is 0.461 e. The highest BCUT2D eigenvalue weighted by atomic mass is 16.5. The summed E-state index contributed by atoms with van der Waals surface area (Å²) in [4.78, 5) is 14.4. The lowest BCUT2D eigenvalue weighted by Crippen LogP contribution is -2.04. The molecule has 1 aromatic heterocycles. The zero-order chi connectivity index (χ0) is 10.8. The molecule has 0 saturated heterocycles. The van der Waals surface area contributed by atoms with Crippen LogP contribution in [0.3, 0.4) is 0 Å². The van der Waals surface area contributed by atoms with E-state index >= 15 is 0 Å². The van der Waals surface area contributed by atoms with E-state index in [2.05, 4.69) is 4.98 Å². The Labute approximate surface area is 88.8 Å². The number of aromatic amines is 1. The van der Waals surface area contributed by atoms with Crippen molar-refractivity contribution in [3.63, 3.8) is 0 Å². The van der Waals surface area contributed by atoms with Gasteiger partial charge in [0.25, 0.3) is 0 Å². The highest BCUT2D eigenvalue weighted by Crippen LogP contribution is 2.13. The van der Waals surface area contributed by atoms with E-state index in [-0.39, 0.29) is 5.97 Å². The van der Waals surface area contributed by atoms with Crippen LogP contribution in [0.15, 0.2) is 24.3 Å². The number of hydrogen-bond donors (Lipinski definition) is 1. The molecule has 0 amide bonds. The van der Waals surface area contributed by atoms with Crippen LogP contribution < -0.4 is 5.46 Å². The number of benzene rings is 1. The normalized spacial score (nSPS) is 10.5. The van der Waals surface area contributed by atoms with E-state index in [1.54, 1.807) is 19.1 Å². The second kappa shape index (κ2) is 3.81. The van der Waals surface area contributed by atoms with Crippen molar-refractivity contribution in [2.45, 2.75) is 6.92 Å². The number of hydrogen-bond acceptors (Lipinski definition) is 2. The first kappa shape index (κ1) is 9.83. The lowest BCUT2D eigenvalue weighted by molar-refractivity contribution is 0.0520. The van der Waals surface area contributed by atoms with Crippen LogP contribution in [0, 0.1) is 0 Å². The minimum atomic E-state index is -0.354. The van der Waals surface area contributed by atoms with Crippen LogP contribution in [0.4, 0.5) is 0 Å². The fraction of sp³-hybridized carbons (Fsp3) is 0.182. The second-order valence-corrected chi connectivity index (χ2v) is 3.21. The molecule has 2 rings (SSSR count). The summed E-state index contributed by atoms with van der Waals surface area (Å²) in [6, 6.07) is 7.21. The van der Waals surface area contributed by atoms with E-state index in [9.17, 15) is 4.79 Å². The highest BCUT2D eigenvalue weighted by molar-refractivity contribution is 6.38. The smallest absolute Gasteiger partial charge is 0.354 e. The Morgan fingerprint density at radius 1 is 1.53 bits per heavy atom. The number of ether oxygens (including phenoxy) is 1. The van der Waals surface area contributed by atoms with Crippen LogP contribution in [-0.4, -0.2) is 25.4 Å². The Kier molecular flexibility index (Phi) is 2.50. The van der Waals surface area contributed by atoms with Gasteiger partial charge in [-0.1, -0.05) is 17.6 Å². The predicted molar refractivity (Wildman–Crippen MR) is 59.6 cm³/mol. The molecule has 0 spiro atoms. The molecule has 3 nitrogen and oxygen atoms in total. The molecule has 1 N–H and O–H groups in total. The fourth-order valence-electron chi connectivity index (χ4n) is 1.50. The van der Waals surface area contributed by atoms with Gasteiger partial charge in [-0.2, -0.15) is 0 Å². The molecule has 0 bridgehead atoms. The molecule has 0 fully saturated rings. The SMILES string of the molecule is [B]c1cccc2[nH]c(C(=O)OCC)cc12. The van der Waals surface area contributed by atoms with E-state index in [4.69, 9.17) is 12.6 Å². The van der Waals surface area contributed by atoms with Gasteiger partial charge >= 0.3 is 5.97 Å². The Morgan fingerprint density at radius 2 is 2.33 bits per heavy atom. The first-order chi connectivity index (χ1) is 7.22. The second-order valence-electron chi connectivity index (χ2n) is 3.21. The lowest BCUT2D eigenvalue weighted by Gasteiger charge is -1.96. The molecule has 1 heterocycles. The molecule has 2 aromatic rings. The average molecular weight is 199 g/mol. The molecular formula is C11H10BNO2. The molecule has 0 atom stereocenters. The van der Waals surface area contributed by atoms with E-state index in [1.165, 1.54) is 0 Å². The van der Waals surface area contributed by atoms with E-state index in [1.807, 2.05) is 12.1 Å². The number of nitrogens with one attached hydrogen (secondary N) is 1. The molecule has 0 unspecified atom stereocenters. The van der Waals surface area contributed by atoms with Gasteiger partial charge in [0.15, 0.2) is 0 Å². The van der Waals surface area contributed by atoms with Gasteiger partial charge in [0, 0.05) is 5.52 Å². The van der Waals surface area contributed by atoms with Crippen LogP contribution in [0.5, 0.6) is 0 Å². The summed E-state index contributed by atoms with van der Waals surface area (Å²) in [6.07, 6.45) is 0.